The molecule has 0 aliphatic rings. The molecular weight excluding hydrogens is 200 g/mol. The smallest absolute Gasteiger partial charge is 0.304 e. The highest BCUT2D eigenvalue weighted by Crippen LogP contribution is 2.18. The Balaban J connectivity index is 4.61. The van der Waals surface area contributed by atoms with E-state index in [0.29, 0.717) is 6.42 Å². The summed E-state index contributed by atoms with van der Waals surface area (Å²) in [5.41, 5.74) is 0.0513. The summed E-state index contributed by atoms with van der Waals surface area (Å²) in [5, 5.41) is 0. The van der Waals surface area contributed by atoms with Gasteiger partial charge < -0.3 is 4.74 Å². The standard InChI is InChI=1S/C14H20O2/c1-6-7-8-10-14(5,16-13(4)15)11-9-12(2)3/h6H,1-2,7-8,10H2,3-5H3. The number of hydrogen-bond acceptors (Lipinski definition) is 2. The van der Waals surface area contributed by atoms with Gasteiger partial charge in [-0.25, -0.2) is 0 Å². The highest BCUT2D eigenvalue weighted by Gasteiger charge is 2.24. The van der Waals surface area contributed by atoms with Crippen LogP contribution in [0.5, 0.6) is 0 Å². The maximum Gasteiger partial charge on any atom is 0.304 e. The van der Waals surface area contributed by atoms with Crippen molar-refractivity contribution in [2.45, 2.75) is 45.6 Å². The van der Waals surface area contributed by atoms with E-state index in [-0.39, 0.29) is 5.97 Å². The number of rotatable bonds is 5. The van der Waals surface area contributed by atoms with E-state index in [1.54, 1.807) is 0 Å². The average molecular weight is 220 g/mol. The van der Waals surface area contributed by atoms with Gasteiger partial charge in [0.1, 0.15) is 0 Å². The second-order valence-electron chi connectivity index (χ2n) is 4.04. The number of ether oxygens (including phenoxy) is 1. The molecule has 0 fully saturated rings. The lowest BCUT2D eigenvalue weighted by atomic mass is 9.98. The van der Waals surface area contributed by atoms with Crippen LogP contribution in [0.1, 0.15) is 40.0 Å². The monoisotopic (exact) mass is 220 g/mol. The molecule has 0 bridgehead atoms. The Hall–Kier alpha value is -1.49. The van der Waals surface area contributed by atoms with Crippen molar-refractivity contribution in [2.24, 2.45) is 0 Å². The van der Waals surface area contributed by atoms with Crippen LogP contribution >= 0.6 is 0 Å². The van der Waals surface area contributed by atoms with E-state index in [0.717, 1.165) is 18.4 Å². The molecule has 0 aliphatic carbocycles. The number of esters is 1. The summed E-state index contributed by atoms with van der Waals surface area (Å²) in [6.07, 6.45) is 4.35. The Morgan fingerprint density at radius 1 is 1.50 bits per heavy atom. The second-order valence-corrected chi connectivity index (χ2v) is 4.04. The van der Waals surface area contributed by atoms with Gasteiger partial charge in [0, 0.05) is 6.92 Å². The van der Waals surface area contributed by atoms with E-state index >= 15 is 0 Å². The van der Waals surface area contributed by atoms with Crippen molar-refractivity contribution in [3.8, 4) is 11.8 Å². The lowest BCUT2D eigenvalue weighted by Gasteiger charge is -2.23. The highest BCUT2D eigenvalue weighted by molar-refractivity contribution is 5.67. The number of allylic oxidation sites excluding steroid dienone is 2. The SMILES string of the molecule is C=CCCCC(C)(C#CC(=C)C)OC(C)=O. The molecule has 2 heteroatoms. The zero-order valence-electron chi connectivity index (χ0n) is 10.4. The predicted octanol–water partition coefficient (Wildman–Crippen LogP) is 3.24. The predicted molar refractivity (Wildman–Crippen MR) is 66.8 cm³/mol. The summed E-state index contributed by atoms with van der Waals surface area (Å²) in [6, 6.07) is 0. The van der Waals surface area contributed by atoms with Crippen LogP contribution in [0.25, 0.3) is 0 Å². The topological polar surface area (TPSA) is 26.3 Å². The molecule has 1 atom stereocenters. The molecule has 0 aromatic rings. The van der Waals surface area contributed by atoms with Gasteiger partial charge in [-0.3, -0.25) is 4.79 Å². The molecule has 0 saturated heterocycles. The van der Waals surface area contributed by atoms with Crippen molar-refractivity contribution < 1.29 is 9.53 Å². The fourth-order valence-electron chi connectivity index (χ4n) is 1.28. The molecule has 0 heterocycles. The van der Waals surface area contributed by atoms with Gasteiger partial charge in [-0.1, -0.05) is 24.5 Å². The van der Waals surface area contributed by atoms with E-state index in [4.69, 9.17) is 4.74 Å². The van der Waals surface area contributed by atoms with Crippen LogP contribution in [0.2, 0.25) is 0 Å². The van der Waals surface area contributed by atoms with Gasteiger partial charge in [-0.15, -0.1) is 6.58 Å². The Bertz CT molecular complexity index is 330. The summed E-state index contributed by atoms with van der Waals surface area (Å²) in [7, 11) is 0. The molecule has 0 amide bonds. The second kappa shape index (κ2) is 6.90. The van der Waals surface area contributed by atoms with Gasteiger partial charge in [0.2, 0.25) is 0 Å². The minimum atomic E-state index is -0.714. The maximum absolute atomic E-state index is 11.0. The van der Waals surface area contributed by atoms with E-state index in [9.17, 15) is 4.79 Å². The molecule has 2 nitrogen and oxygen atoms in total. The number of unbranched alkanes of at least 4 members (excludes halogenated alkanes) is 1. The zero-order chi connectivity index (χ0) is 12.6. The first-order chi connectivity index (χ1) is 7.39. The Morgan fingerprint density at radius 3 is 2.56 bits per heavy atom. The molecule has 0 rings (SSSR count). The lowest BCUT2D eigenvalue weighted by molar-refractivity contribution is -0.150. The van der Waals surface area contributed by atoms with Gasteiger partial charge in [0.05, 0.1) is 0 Å². The third kappa shape index (κ3) is 6.89. The Morgan fingerprint density at radius 2 is 2.12 bits per heavy atom. The van der Waals surface area contributed by atoms with Gasteiger partial charge in [-0.2, -0.15) is 0 Å². The fraction of sp³-hybridized carbons (Fsp3) is 0.500. The largest absolute Gasteiger partial charge is 0.446 e. The van der Waals surface area contributed by atoms with Crippen molar-refractivity contribution in [1.82, 2.24) is 0 Å². The van der Waals surface area contributed by atoms with Crippen LogP contribution in [0.4, 0.5) is 0 Å². The summed E-state index contributed by atoms with van der Waals surface area (Å²) >= 11 is 0. The van der Waals surface area contributed by atoms with Crippen molar-refractivity contribution in [1.29, 1.82) is 0 Å². The molecule has 0 spiro atoms. The molecule has 0 aliphatic heterocycles. The van der Waals surface area contributed by atoms with E-state index in [2.05, 4.69) is 25.0 Å². The van der Waals surface area contributed by atoms with Gasteiger partial charge >= 0.3 is 5.97 Å². The Labute approximate surface area is 98.4 Å². The van der Waals surface area contributed by atoms with Gasteiger partial charge in [0.15, 0.2) is 5.60 Å². The summed E-state index contributed by atoms with van der Waals surface area (Å²) < 4.78 is 5.25. The molecule has 0 saturated carbocycles. The first-order valence-corrected chi connectivity index (χ1v) is 5.39. The Kier molecular flexibility index (Phi) is 6.25. The number of carbonyl (C=O) groups is 1. The number of hydrogen-bond donors (Lipinski definition) is 0. The molecular formula is C14H20O2. The maximum atomic E-state index is 11.0. The summed E-state index contributed by atoms with van der Waals surface area (Å²) in [5.74, 6) is 5.52. The molecule has 88 valence electrons. The lowest BCUT2D eigenvalue weighted by Crippen LogP contribution is -2.29. The highest BCUT2D eigenvalue weighted by atomic mass is 16.6. The normalized spacial score (nSPS) is 12.9. The van der Waals surface area contributed by atoms with Crippen molar-refractivity contribution >= 4 is 5.97 Å². The fourth-order valence-corrected chi connectivity index (χ4v) is 1.28. The number of carbonyl (C=O) groups excluding carboxylic acids is 1. The molecule has 0 N–H and O–H groups in total. The molecule has 16 heavy (non-hydrogen) atoms. The molecule has 1 unspecified atom stereocenters. The molecule has 0 aromatic carbocycles. The minimum absolute atomic E-state index is 0.308. The summed E-state index contributed by atoms with van der Waals surface area (Å²) in [6.45, 7) is 12.4. The third-order valence-electron chi connectivity index (χ3n) is 1.97. The van der Waals surface area contributed by atoms with E-state index < -0.39 is 5.60 Å². The minimum Gasteiger partial charge on any atom is -0.446 e. The van der Waals surface area contributed by atoms with Crippen LogP contribution in [0.3, 0.4) is 0 Å². The van der Waals surface area contributed by atoms with Crippen LogP contribution in [0, 0.1) is 11.8 Å². The zero-order valence-corrected chi connectivity index (χ0v) is 10.4. The first-order valence-electron chi connectivity index (χ1n) is 5.39. The summed E-state index contributed by atoms with van der Waals surface area (Å²) in [4.78, 5) is 11.0. The van der Waals surface area contributed by atoms with Crippen LogP contribution < -0.4 is 0 Å². The van der Waals surface area contributed by atoms with Crippen molar-refractivity contribution in [3.05, 3.63) is 24.8 Å². The quantitative estimate of drug-likeness (QED) is 0.308. The van der Waals surface area contributed by atoms with E-state index in [1.807, 2.05) is 19.9 Å². The van der Waals surface area contributed by atoms with E-state index in [1.165, 1.54) is 6.92 Å². The molecule has 0 radical (unpaired) electrons. The van der Waals surface area contributed by atoms with Crippen molar-refractivity contribution in [2.75, 3.05) is 0 Å². The average Bonchev–Trinajstić information content (AvgIpc) is 2.14. The van der Waals surface area contributed by atoms with Gasteiger partial charge in [0.25, 0.3) is 0 Å². The molecule has 0 aromatic heterocycles. The van der Waals surface area contributed by atoms with Crippen LogP contribution in [0.15, 0.2) is 24.8 Å². The van der Waals surface area contributed by atoms with Crippen LogP contribution in [-0.2, 0) is 9.53 Å². The van der Waals surface area contributed by atoms with Crippen molar-refractivity contribution in [3.63, 3.8) is 0 Å². The van der Waals surface area contributed by atoms with Gasteiger partial charge in [-0.05, 0) is 38.7 Å². The first kappa shape index (κ1) is 14.5. The van der Waals surface area contributed by atoms with Crippen LogP contribution in [-0.4, -0.2) is 11.6 Å². The third-order valence-corrected chi connectivity index (χ3v) is 1.97.